The zero-order chi connectivity index (χ0) is 21.3. The van der Waals surface area contributed by atoms with Crippen molar-refractivity contribution in [2.24, 2.45) is 0 Å². The molecule has 1 aromatic heterocycles. The molecule has 0 saturated carbocycles. The molecule has 0 fully saturated rings. The van der Waals surface area contributed by atoms with Crippen LogP contribution >= 0.6 is 0 Å². The minimum absolute atomic E-state index is 0.0924. The number of aromatic nitrogens is 2. The second kappa shape index (κ2) is 7.79. The van der Waals surface area contributed by atoms with Crippen molar-refractivity contribution in [2.75, 3.05) is 6.54 Å². The Bertz CT molecular complexity index is 1060. The number of para-hydroxylation sites is 1. The summed E-state index contributed by atoms with van der Waals surface area (Å²) in [6.45, 7) is 1.68. The number of alkyl halides is 3. The van der Waals surface area contributed by atoms with Gasteiger partial charge in [0.2, 0.25) is 0 Å². The lowest BCUT2D eigenvalue weighted by Crippen LogP contribution is -2.30. The Balaban J connectivity index is 1.48. The van der Waals surface area contributed by atoms with Crippen molar-refractivity contribution in [3.05, 3.63) is 75.6 Å². The summed E-state index contributed by atoms with van der Waals surface area (Å²) < 4.78 is 40.8. The van der Waals surface area contributed by atoms with E-state index in [1.165, 1.54) is 30.3 Å². The third kappa shape index (κ3) is 4.43. The fraction of sp³-hybridized carbons (Fsp3) is 0.250. The molecular formula is C20H17F3N4O3. The highest BCUT2D eigenvalue weighted by molar-refractivity contribution is 5.57. The van der Waals surface area contributed by atoms with Gasteiger partial charge in [0.05, 0.1) is 16.3 Å². The number of H-pyrrole nitrogens is 1. The van der Waals surface area contributed by atoms with Gasteiger partial charge >= 0.3 is 6.36 Å². The van der Waals surface area contributed by atoms with Gasteiger partial charge < -0.3 is 9.72 Å². The van der Waals surface area contributed by atoms with E-state index in [-0.39, 0.29) is 16.4 Å². The molecule has 0 radical (unpaired) electrons. The van der Waals surface area contributed by atoms with Crippen LogP contribution in [0.1, 0.15) is 17.0 Å². The Kier molecular flexibility index (Phi) is 5.17. The maximum absolute atomic E-state index is 12.3. The first kappa shape index (κ1) is 19.9. The standard InChI is InChI=1S/C20H17F3N4O3/c21-20(22,23)30-15-7-5-13(6-8-15)19-24-16-9-10-26(12-17(16)25-19)11-14-3-1-2-4-18(14)27(28)29/h1-8H,9-12H2,(H,24,25). The van der Waals surface area contributed by atoms with Gasteiger partial charge in [-0.2, -0.15) is 0 Å². The highest BCUT2D eigenvalue weighted by Crippen LogP contribution is 2.28. The van der Waals surface area contributed by atoms with Gasteiger partial charge in [0.15, 0.2) is 0 Å². The van der Waals surface area contributed by atoms with Crippen molar-refractivity contribution < 1.29 is 22.8 Å². The molecule has 7 nitrogen and oxygen atoms in total. The summed E-state index contributed by atoms with van der Waals surface area (Å²) in [5.41, 5.74) is 3.16. The van der Waals surface area contributed by atoms with Gasteiger partial charge in [-0.3, -0.25) is 15.0 Å². The van der Waals surface area contributed by atoms with Crippen LogP contribution in [0.25, 0.3) is 11.4 Å². The number of imidazole rings is 1. The van der Waals surface area contributed by atoms with Crippen LogP contribution in [0.3, 0.4) is 0 Å². The normalized spacial score (nSPS) is 14.4. The van der Waals surface area contributed by atoms with Gasteiger partial charge in [0, 0.05) is 43.2 Å². The number of aromatic amines is 1. The molecule has 1 aliphatic heterocycles. The first-order valence-electron chi connectivity index (χ1n) is 9.17. The Hall–Kier alpha value is -3.40. The summed E-state index contributed by atoms with van der Waals surface area (Å²) in [6.07, 6.45) is -4.07. The van der Waals surface area contributed by atoms with Crippen molar-refractivity contribution in [3.63, 3.8) is 0 Å². The van der Waals surface area contributed by atoms with E-state index >= 15 is 0 Å². The van der Waals surface area contributed by atoms with Crippen LogP contribution in [0, 0.1) is 10.1 Å². The summed E-state index contributed by atoms with van der Waals surface area (Å²) in [5.74, 6) is 0.268. The van der Waals surface area contributed by atoms with Gasteiger partial charge in [0.1, 0.15) is 11.6 Å². The Morgan fingerprint density at radius 3 is 2.60 bits per heavy atom. The van der Waals surface area contributed by atoms with Crippen LogP contribution in [0.2, 0.25) is 0 Å². The molecule has 1 N–H and O–H groups in total. The van der Waals surface area contributed by atoms with E-state index in [4.69, 9.17) is 0 Å². The number of hydrogen-bond acceptors (Lipinski definition) is 5. The number of nitro groups is 1. The van der Waals surface area contributed by atoms with E-state index in [0.717, 1.165) is 11.4 Å². The number of nitro benzene ring substituents is 1. The number of fused-ring (bicyclic) bond motifs is 1. The Morgan fingerprint density at radius 1 is 1.17 bits per heavy atom. The lowest BCUT2D eigenvalue weighted by molar-refractivity contribution is -0.385. The summed E-state index contributed by atoms with van der Waals surface area (Å²) in [4.78, 5) is 20.7. The second-order valence-electron chi connectivity index (χ2n) is 6.93. The van der Waals surface area contributed by atoms with Gasteiger partial charge in [0.25, 0.3) is 5.69 Å². The topological polar surface area (TPSA) is 84.3 Å². The minimum atomic E-state index is -4.73. The summed E-state index contributed by atoms with van der Waals surface area (Å²) in [7, 11) is 0. The molecule has 2 heterocycles. The van der Waals surface area contributed by atoms with E-state index in [1.54, 1.807) is 18.2 Å². The largest absolute Gasteiger partial charge is 0.573 e. The molecule has 10 heteroatoms. The average Bonchev–Trinajstić information content (AvgIpc) is 3.11. The first-order chi connectivity index (χ1) is 14.3. The van der Waals surface area contributed by atoms with E-state index in [1.807, 2.05) is 0 Å². The predicted octanol–water partition coefficient (Wildman–Crippen LogP) is 4.44. The zero-order valence-corrected chi connectivity index (χ0v) is 15.6. The number of nitrogens with one attached hydrogen (secondary N) is 1. The molecule has 0 spiro atoms. The van der Waals surface area contributed by atoms with Crippen LogP contribution in [-0.4, -0.2) is 32.7 Å². The van der Waals surface area contributed by atoms with E-state index < -0.39 is 6.36 Å². The van der Waals surface area contributed by atoms with E-state index in [9.17, 15) is 23.3 Å². The maximum Gasteiger partial charge on any atom is 0.573 e. The number of rotatable bonds is 5. The fourth-order valence-electron chi connectivity index (χ4n) is 3.50. The summed E-state index contributed by atoms with van der Waals surface area (Å²) in [6, 6.07) is 12.2. The molecular weight excluding hydrogens is 401 g/mol. The molecule has 4 rings (SSSR count). The summed E-state index contributed by atoms with van der Waals surface area (Å²) >= 11 is 0. The minimum Gasteiger partial charge on any atom is -0.406 e. The molecule has 0 unspecified atom stereocenters. The van der Waals surface area contributed by atoms with Crippen molar-refractivity contribution in [2.45, 2.75) is 25.9 Å². The van der Waals surface area contributed by atoms with Gasteiger partial charge in [-0.1, -0.05) is 18.2 Å². The monoisotopic (exact) mass is 418 g/mol. The van der Waals surface area contributed by atoms with Gasteiger partial charge in [-0.05, 0) is 24.3 Å². The Morgan fingerprint density at radius 2 is 1.90 bits per heavy atom. The molecule has 2 aromatic carbocycles. The number of hydrogen-bond donors (Lipinski definition) is 1. The van der Waals surface area contributed by atoms with E-state index in [2.05, 4.69) is 19.6 Å². The SMILES string of the molecule is O=[N+]([O-])c1ccccc1CN1CCc2nc(-c3ccc(OC(F)(F)F)cc3)[nH]c2C1. The number of benzene rings is 2. The van der Waals surface area contributed by atoms with Crippen LogP contribution in [0.15, 0.2) is 48.5 Å². The number of ether oxygens (including phenoxy) is 1. The smallest absolute Gasteiger partial charge is 0.406 e. The molecule has 1 aliphatic rings. The lowest BCUT2D eigenvalue weighted by Gasteiger charge is -2.25. The quantitative estimate of drug-likeness (QED) is 0.489. The highest BCUT2D eigenvalue weighted by atomic mass is 19.4. The fourth-order valence-corrected chi connectivity index (χ4v) is 3.50. The molecule has 3 aromatic rings. The zero-order valence-electron chi connectivity index (χ0n) is 15.6. The van der Waals surface area contributed by atoms with Crippen molar-refractivity contribution in [1.29, 1.82) is 0 Å². The second-order valence-corrected chi connectivity index (χ2v) is 6.93. The molecule has 156 valence electrons. The Labute approximate surface area is 169 Å². The van der Waals surface area contributed by atoms with Crippen LogP contribution < -0.4 is 4.74 Å². The number of nitrogens with zero attached hydrogens (tertiary/aromatic N) is 3. The van der Waals surface area contributed by atoms with Crippen LogP contribution in [0.5, 0.6) is 5.75 Å². The first-order valence-corrected chi connectivity index (χ1v) is 9.17. The van der Waals surface area contributed by atoms with Crippen LogP contribution in [-0.2, 0) is 19.5 Å². The molecule has 0 aliphatic carbocycles. The highest BCUT2D eigenvalue weighted by Gasteiger charge is 2.31. The third-order valence-corrected chi connectivity index (χ3v) is 4.85. The van der Waals surface area contributed by atoms with Gasteiger partial charge in [-0.15, -0.1) is 13.2 Å². The molecule has 0 atom stereocenters. The number of halogens is 3. The van der Waals surface area contributed by atoms with Crippen molar-refractivity contribution >= 4 is 5.69 Å². The molecule has 0 bridgehead atoms. The third-order valence-electron chi connectivity index (χ3n) is 4.85. The molecule has 30 heavy (non-hydrogen) atoms. The van der Waals surface area contributed by atoms with Crippen LogP contribution in [0.4, 0.5) is 18.9 Å². The predicted molar refractivity (Wildman–Crippen MR) is 102 cm³/mol. The molecule has 0 amide bonds. The molecule has 0 saturated heterocycles. The van der Waals surface area contributed by atoms with E-state index in [0.29, 0.717) is 43.0 Å². The average molecular weight is 418 g/mol. The lowest BCUT2D eigenvalue weighted by atomic mass is 10.1. The summed E-state index contributed by atoms with van der Waals surface area (Å²) in [5, 5.41) is 11.2. The van der Waals surface area contributed by atoms with Crippen molar-refractivity contribution in [1.82, 2.24) is 14.9 Å². The maximum atomic E-state index is 12.3. The van der Waals surface area contributed by atoms with Gasteiger partial charge in [-0.25, -0.2) is 4.98 Å². The van der Waals surface area contributed by atoms with Crippen molar-refractivity contribution in [3.8, 4) is 17.1 Å².